The van der Waals surface area contributed by atoms with E-state index in [9.17, 15) is 14.4 Å². The molecular weight excluding hydrogens is 350 g/mol. The zero-order valence-electron chi connectivity index (χ0n) is 14.9. The second-order valence-electron chi connectivity index (χ2n) is 5.28. The molecule has 0 aliphatic rings. The number of esters is 2. The second-order valence-corrected chi connectivity index (χ2v) is 5.28. The molecule has 1 amide bonds. The second kappa shape index (κ2) is 9.76. The van der Waals surface area contributed by atoms with E-state index in [0.717, 1.165) is 14.2 Å². The van der Waals surface area contributed by atoms with Gasteiger partial charge in [0.25, 0.3) is 5.91 Å². The van der Waals surface area contributed by atoms with Gasteiger partial charge in [-0.2, -0.15) is 0 Å². The summed E-state index contributed by atoms with van der Waals surface area (Å²) in [7, 11) is 2.32. The minimum Gasteiger partial charge on any atom is -0.483 e. The number of hydrogen-bond donors (Lipinski definition) is 1. The van der Waals surface area contributed by atoms with Crippen molar-refractivity contribution in [2.75, 3.05) is 26.1 Å². The van der Waals surface area contributed by atoms with Crippen molar-refractivity contribution < 1.29 is 28.6 Å². The SMILES string of the molecule is COC(=O)C(=Cc1ccccc1OCC(=O)Nc1ccccc1)C(=O)OC. The van der Waals surface area contributed by atoms with Gasteiger partial charge in [0.1, 0.15) is 11.3 Å². The van der Waals surface area contributed by atoms with Crippen LogP contribution in [-0.4, -0.2) is 38.7 Å². The summed E-state index contributed by atoms with van der Waals surface area (Å²) in [6.45, 7) is -0.245. The Kier molecular flexibility index (Phi) is 7.13. The van der Waals surface area contributed by atoms with Gasteiger partial charge in [-0.15, -0.1) is 0 Å². The van der Waals surface area contributed by atoms with E-state index in [-0.39, 0.29) is 18.1 Å². The largest absolute Gasteiger partial charge is 0.483 e. The lowest BCUT2D eigenvalue weighted by Gasteiger charge is -2.10. The summed E-state index contributed by atoms with van der Waals surface area (Å²) >= 11 is 0. The lowest BCUT2D eigenvalue weighted by molar-refractivity contribution is -0.143. The monoisotopic (exact) mass is 369 g/mol. The van der Waals surface area contributed by atoms with E-state index in [1.54, 1.807) is 48.5 Å². The van der Waals surface area contributed by atoms with Crippen molar-refractivity contribution in [2.45, 2.75) is 0 Å². The van der Waals surface area contributed by atoms with Crippen LogP contribution in [0.4, 0.5) is 5.69 Å². The molecule has 0 aromatic heterocycles. The Labute approximate surface area is 156 Å². The highest BCUT2D eigenvalue weighted by Gasteiger charge is 2.20. The number of para-hydroxylation sites is 2. The molecule has 0 heterocycles. The first kappa shape index (κ1) is 19.7. The fourth-order valence-corrected chi connectivity index (χ4v) is 2.17. The highest BCUT2D eigenvalue weighted by molar-refractivity contribution is 6.17. The maximum absolute atomic E-state index is 12.0. The van der Waals surface area contributed by atoms with Crippen molar-refractivity contribution in [3.63, 3.8) is 0 Å². The molecule has 2 aromatic rings. The topological polar surface area (TPSA) is 90.9 Å². The van der Waals surface area contributed by atoms with Gasteiger partial charge in [-0.05, 0) is 24.3 Å². The number of rotatable bonds is 7. The zero-order chi connectivity index (χ0) is 19.6. The van der Waals surface area contributed by atoms with E-state index in [1.807, 2.05) is 6.07 Å². The van der Waals surface area contributed by atoms with E-state index < -0.39 is 11.9 Å². The van der Waals surface area contributed by atoms with Crippen LogP contribution in [-0.2, 0) is 23.9 Å². The molecule has 2 aromatic carbocycles. The smallest absolute Gasteiger partial charge is 0.345 e. The lowest BCUT2D eigenvalue weighted by atomic mass is 10.1. The first-order valence-corrected chi connectivity index (χ1v) is 8.00. The fourth-order valence-electron chi connectivity index (χ4n) is 2.17. The van der Waals surface area contributed by atoms with E-state index in [1.165, 1.54) is 6.08 Å². The van der Waals surface area contributed by atoms with Gasteiger partial charge in [-0.1, -0.05) is 36.4 Å². The molecule has 140 valence electrons. The van der Waals surface area contributed by atoms with Crippen molar-refractivity contribution in [2.24, 2.45) is 0 Å². The Hall–Kier alpha value is -3.61. The number of benzene rings is 2. The van der Waals surface area contributed by atoms with Gasteiger partial charge < -0.3 is 19.5 Å². The van der Waals surface area contributed by atoms with Crippen LogP contribution in [0.1, 0.15) is 5.56 Å². The summed E-state index contributed by atoms with van der Waals surface area (Å²) < 4.78 is 14.7. The Bertz CT molecular complexity index is 827. The predicted molar refractivity (Wildman–Crippen MR) is 99.0 cm³/mol. The molecule has 2 rings (SSSR count). The minimum atomic E-state index is -0.835. The number of amides is 1. The van der Waals surface area contributed by atoms with Gasteiger partial charge in [-0.3, -0.25) is 4.79 Å². The summed E-state index contributed by atoms with van der Waals surface area (Å²) in [6, 6.07) is 15.6. The van der Waals surface area contributed by atoms with Gasteiger partial charge >= 0.3 is 11.9 Å². The summed E-state index contributed by atoms with van der Waals surface area (Å²) in [5, 5.41) is 2.70. The molecular formula is C20H19NO6. The van der Waals surface area contributed by atoms with Gasteiger partial charge in [0.2, 0.25) is 0 Å². The quantitative estimate of drug-likeness (QED) is 0.349. The van der Waals surface area contributed by atoms with Crippen molar-refractivity contribution in [1.29, 1.82) is 0 Å². The van der Waals surface area contributed by atoms with E-state index in [0.29, 0.717) is 17.0 Å². The third kappa shape index (κ3) is 5.71. The number of carbonyl (C=O) groups excluding carboxylic acids is 3. The molecule has 0 aliphatic carbocycles. The average molecular weight is 369 g/mol. The number of carbonyl (C=O) groups is 3. The first-order chi connectivity index (χ1) is 13.0. The summed E-state index contributed by atoms with van der Waals surface area (Å²) in [4.78, 5) is 35.6. The maximum atomic E-state index is 12.0. The van der Waals surface area contributed by atoms with Crippen LogP contribution in [0, 0.1) is 0 Å². The molecule has 0 bridgehead atoms. The Morgan fingerprint density at radius 3 is 2.11 bits per heavy atom. The zero-order valence-corrected chi connectivity index (χ0v) is 14.9. The Morgan fingerprint density at radius 1 is 0.889 bits per heavy atom. The third-order valence-corrected chi connectivity index (χ3v) is 3.45. The van der Waals surface area contributed by atoms with Gasteiger partial charge in [0.15, 0.2) is 6.61 Å². The van der Waals surface area contributed by atoms with Crippen molar-refractivity contribution in [1.82, 2.24) is 0 Å². The minimum absolute atomic E-state index is 0.245. The highest BCUT2D eigenvalue weighted by atomic mass is 16.5. The summed E-state index contributed by atoms with van der Waals surface area (Å²) in [5.74, 6) is -1.69. The number of methoxy groups -OCH3 is 2. The molecule has 0 saturated heterocycles. The molecule has 0 saturated carbocycles. The average Bonchev–Trinajstić information content (AvgIpc) is 2.70. The van der Waals surface area contributed by atoms with Gasteiger partial charge in [-0.25, -0.2) is 9.59 Å². The molecule has 1 N–H and O–H groups in total. The Balaban J connectivity index is 2.15. The molecule has 0 unspecified atom stereocenters. The molecule has 0 fully saturated rings. The summed E-state index contributed by atoms with van der Waals surface area (Å²) in [6.07, 6.45) is 1.29. The molecule has 7 heteroatoms. The van der Waals surface area contributed by atoms with Crippen molar-refractivity contribution >= 4 is 29.6 Å². The van der Waals surface area contributed by atoms with Crippen LogP contribution < -0.4 is 10.1 Å². The van der Waals surface area contributed by atoms with E-state index >= 15 is 0 Å². The van der Waals surface area contributed by atoms with Crippen LogP contribution in [0.5, 0.6) is 5.75 Å². The Morgan fingerprint density at radius 2 is 1.48 bits per heavy atom. The lowest BCUT2D eigenvalue weighted by Crippen LogP contribution is -2.20. The number of anilines is 1. The molecule has 0 atom stereocenters. The van der Waals surface area contributed by atoms with Crippen LogP contribution in [0.2, 0.25) is 0 Å². The van der Waals surface area contributed by atoms with E-state index in [4.69, 9.17) is 4.74 Å². The number of hydrogen-bond acceptors (Lipinski definition) is 6. The van der Waals surface area contributed by atoms with Crippen LogP contribution in [0.3, 0.4) is 0 Å². The maximum Gasteiger partial charge on any atom is 0.345 e. The van der Waals surface area contributed by atoms with Gasteiger partial charge in [0.05, 0.1) is 14.2 Å². The molecule has 7 nitrogen and oxygen atoms in total. The van der Waals surface area contributed by atoms with Gasteiger partial charge in [0, 0.05) is 11.3 Å². The molecule has 0 aliphatic heterocycles. The normalized spacial score (nSPS) is 9.70. The summed E-state index contributed by atoms with van der Waals surface area (Å²) in [5.41, 5.74) is 0.790. The third-order valence-electron chi connectivity index (χ3n) is 3.45. The first-order valence-electron chi connectivity index (χ1n) is 8.00. The fraction of sp³-hybridized carbons (Fsp3) is 0.150. The van der Waals surface area contributed by atoms with E-state index in [2.05, 4.69) is 14.8 Å². The number of nitrogens with one attached hydrogen (secondary N) is 1. The highest BCUT2D eigenvalue weighted by Crippen LogP contribution is 2.22. The predicted octanol–water partition coefficient (Wildman–Crippen LogP) is 2.43. The molecule has 0 radical (unpaired) electrons. The van der Waals surface area contributed by atoms with Crippen molar-refractivity contribution in [3.8, 4) is 5.75 Å². The number of ether oxygens (including phenoxy) is 3. The standard InChI is InChI=1S/C20H19NO6/c1-25-19(23)16(20(24)26-2)12-14-8-6-7-11-17(14)27-13-18(22)21-15-9-4-3-5-10-15/h3-12H,13H2,1-2H3,(H,21,22). The molecule has 0 spiro atoms. The molecule has 27 heavy (non-hydrogen) atoms. The van der Waals surface area contributed by atoms with Crippen molar-refractivity contribution in [3.05, 3.63) is 65.7 Å². The van der Waals surface area contributed by atoms with Crippen LogP contribution in [0.25, 0.3) is 6.08 Å². The van der Waals surface area contributed by atoms with Crippen LogP contribution in [0.15, 0.2) is 60.2 Å². The van der Waals surface area contributed by atoms with Crippen LogP contribution >= 0.6 is 0 Å².